The fraction of sp³-hybridized carbons (Fsp3) is 0.316. The van der Waals surface area contributed by atoms with E-state index in [0.717, 1.165) is 12.0 Å². The summed E-state index contributed by atoms with van der Waals surface area (Å²) in [5.41, 5.74) is 0.526. The Bertz CT molecular complexity index is 595. The molecule has 1 N–H and O–H groups in total. The van der Waals surface area contributed by atoms with E-state index in [4.69, 9.17) is 9.47 Å². The van der Waals surface area contributed by atoms with Crippen LogP contribution in [-0.4, -0.2) is 26.2 Å². The highest BCUT2D eigenvalue weighted by molar-refractivity contribution is 5.77. The van der Waals surface area contributed by atoms with Gasteiger partial charge in [0.25, 0.3) is 5.91 Å². The monoisotopic (exact) mass is 313 g/mol. The van der Waals surface area contributed by atoms with Gasteiger partial charge < -0.3 is 14.8 Å². The highest BCUT2D eigenvalue weighted by atomic mass is 16.5. The summed E-state index contributed by atoms with van der Waals surface area (Å²) < 4.78 is 11.2. The second kappa shape index (κ2) is 8.34. The molecule has 2 aromatic rings. The van der Waals surface area contributed by atoms with E-state index < -0.39 is 5.60 Å². The van der Waals surface area contributed by atoms with Crippen LogP contribution in [0.1, 0.15) is 18.9 Å². The van der Waals surface area contributed by atoms with E-state index in [0.29, 0.717) is 12.3 Å². The van der Waals surface area contributed by atoms with Crippen LogP contribution in [0.4, 0.5) is 0 Å². The van der Waals surface area contributed by atoms with Crippen LogP contribution in [0.5, 0.6) is 5.75 Å². The Morgan fingerprint density at radius 2 is 1.65 bits per heavy atom. The Labute approximate surface area is 137 Å². The lowest BCUT2D eigenvalue weighted by Crippen LogP contribution is -2.43. The minimum Gasteiger partial charge on any atom is -0.484 e. The smallest absolute Gasteiger partial charge is 0.258 e. The molecule has 0 aliphatic heterocycles. The van der Waals surface area contributed by atoms with Crippen LogP contribution in [-0.2, 0) is 15.1 Å². The van der Waals surface area contributed by atoms with Gasteiger partial charge in [-0.1, -0.05) is 55.5 Å². The Hall–Kier alpha value is -2.33. The zero-order valence-electron chi connectivity index (χ0n) is 13.6. The number of hydrogen-bond donors (Lipinski definition) is 1. The van der Waals surface area contributed by atoms with Gasteiger partial charge in [0, 0.05) is 7.11 Å². The fourth-order valence-electron chi connectivity index (χ4n) is 2.47. The predicted molar refractivity (Wildman–Crippen MR) is 90.4 cm³/mol. The van der Waals surface area contributed by atoms with Crippen molar-refractivity contribution in [1.29, 1.82) is 0 Å². The highest BCUT2D eigenvalue weighted by Gasteiger charge is 2.30. The van der Waals surface area contributed by atoms with Gasteiger partial charge in [0.05, 0.1) is 6.54 Å². The molecule has 1 amide bonds. The molecule has 0 spiro atoms. The molecule has 2 aromatic carbocycles. The molecular weight excluding hydrogens is 290 g/mol. The van der Waals surface area contributed by atoms with Gasteiger partial charge in [-0.3, -0.25) is 4.79 Å². The van der Waals surface area contributed by atoms with Crippen molar-refractivity contribution in [2.45, 2.75) is 18.9 Å². The van der Waals surface area contributed by atoms with Crippen molar-refractivity contribution in [2.24, 2.45) is 0 Å². The number of rotatable bonds is 8. The van der Waals surface area contributed by atoms with Gasteiger partial charge >= 0.3 is 0 Å². The van der Waals surface area contributed by atoms with Gasteiger partial charge in [-0.2, -0.15) is 0 Å². The standard InChI is InChI=1S/C19H23NO3/c1-3-19(22-2,16-10-6-4-7-11-16)15-20-18(21)14-23-17-12-8-5-9-13-17/h4-13H,3,14-15H2,1-2H3,(H,20,21). The first kappa shape index (κ1) is 17.0. The molecular formula is C19H23NO3. The molecule has 0 aromatic heterocycles. The van der Waals surface area contributed by atoms with Crippen molar-refractivity contribution in [3.8, 4) is 5.75 Å². The zero-order valence-corrected chi connectivity index (χ0v) is 13.6. The number of amides is 1. The summed E-state index contributed by atoms with van der Waals surface area (Å²) in [6.07, 6.45) is 0.757. The largest absolute Gasteiger partial charge is 0.484 e. The third-order valence-electron chi connectivity index (χ3n) is 3.95. The van der Waals surface area contributed by atoms with Crippen LogP contribution in [0, 0.1) is 0 Å². The molecule has 4 heteroatoms. The van der Waals surface area contributed by atoms with Gasteiger partial charge in [0.1, 0.15) is 11.4 Å². The van der Waals surface area contributed by atoms with E-state index in [9.17, 15) is 4.79 Å². The number of hydrogen-bond acceptors (Lipinski definition) is 3. The lowest BCUT2D eigenvalue weighted by molar-refractivity contribution is -0.125. The maximum Gasteiger partial charge on any atom is 0.258 e. The minimum atomic E-state index is -0.524. The average Bonchev–Trinajstić information content (AvgIpc) is 2.63. The molecule has 0 radical (unpaired) electrons. The average molecular weight is 313 g/mol. The summed E-state index contributed by atoms with van der Waals surface area (Å²) in [4.78, 5) is 12.0. The molecule has 0 bridgehead atoms. The molecule has 0 saturated heterocycles. The maximum atomic E-state index is 12.0. The van der Waals surface area contributed by atoms with Crippen molar-refractivity contribution in [3.05, 3.63) is 66.2 Å². The van der Waals surface area contributed by atoms with Crippen molar-refractivity contribution in [2.75, 3.05) is 20.3 Å². The normalized spacial score (nSPS) is 13.1. The molecule has 23 heavy (non-hydrogen) atoms. The number of nitrogens with one attached hydrogen (secondary N) is 1. The van der Waals surface area contributed by atoms with Crippen molar-refractivity contribution in [3.63, 3.8) is 0 Å². The van der Waals surface area contributed by atoms with Crippen LogP contribution in [0.15, 0.2) is 60.7 Å². The van der Waals surface area contributed by atoms with E-state index >= 15 is 0 Å². The molecule has 0 aliphatic rings. The van der Waals surface area contributed by atoms with Gasteiger partial charge in [-0.15, -0.1) is 0 Å². The van der Waals surface area contributed by atoms with E-state index in [-0.39, 0.29) is 12.5 Å². The fourth-order valence-corrected chi connectivity index (χ4v) is 2.47. The molecule has 1 atom stereocenters. The van der Waals surface area contributed by atoms with Gasteiger partial charge in [0.2, 0.25) is 0 Å². The first-order chi connectivity index (χ1) is 11.2. The summed E-state index contributed by atoms with van der Waals surface area (Å²) in [5.74, 6) is 0.513. The number of para-hydroxylation sites is 1. The minimum absolute atomic E-state index is 0.0116. The molecule has 0 aliphatic carbocycles. The molecule has 1 unspecified atom stereocenters. The second-order valence-electron chi connectivity index (χ2n) is 5.30. The van der Waals surface area contributed by atoms with Crippen molar-refractivity contribution >= 4 is 5.91 Å². The number of ether oxygens (including phenoxy) is 2. The maximum absolute atomic E-state index is 12.0. The lowest BCUT2D eigenvalue weighted by Gasteiger charge is -2.32. The number of benzene rings is 2. The summed E-state index contributed by atoms with van der Waals surface area (Å²) >= 11 is 0. The Kier molecular flexibility index (Phi) is 6.18. The Morgan fingerprint density at radius 3 is 2.22 bits per heavy atom. The predicted octanol–water partition coefficient (Wildman–Crippen LogP) is 3.13. The molecule has 0 saturated carbocycles. The van der Waals surface area contributed by atoms with Crippen LogP contribution < -0.4 is 10.1 Å². The van der Waals surface area contributed by atoms with E-state index in [1.165, 1.54) is 0 Å². The topological polar surface area (TPSA) is 47.6 Å². The molecule has 0 fully saturated rings. The summed E-state index contributed by atoms with van der Waals surface area (Å²) in [5, 5.41) is 2.91. The second-order valence-corrected chi connectivity index (χ2v) is 5.30. The summed E-state index contributed by atoms with van der Waals surface area (Å²) in [6.45, 7) is 2.44. The Morgan fingerprint density at radius 1 is 1.04 bits per heavy atom. The first-order valence-electron chi connectivity index (χ1n) is 7.75. The van der Waals surface area contributed by atoms with E-state index in [1.807, 2.05) is 67.6 Å². The third kappa shape index (κ3) is 4.57. The van der Waals surface area contributed by atoms with Gasteiger partial charge in [-0.25, -0.2) is 0 Å². The van der Waals surface area contributed by atoms with Gasteiger partial charge in [-0.05, 0) is 24.1 Å². The number of methoxy groups -OCH3 is 1. The van der Waals surface area contributed by atoms with E-state index in [1.54, 1.807) is 7.11 Å². The summed E-state index contributed by atoms with van der Waals surface area (Å²) in [7, 11) is 1.67. The van der Waals surface area contributed by atoms with Crippen molar-refractivity contribution < 1.29 is 14.3 Å². The lowest BCUT2D eigenvalue weighted by atomic mass is 9.90. The number of carbonyl (C=O) groups excluding carboxylic acids is 1. The number of carbonyl (C=O) groups is 1. The van der Waals surface area contributed by atoms with Crippen LogP contribution in [0.2, 0.25) is 0 Å². The van der Waals surface area contributed by atoms with Gasteiger partial charge in [0.15, 0.2) is 6.61 Å². The first-order valence-corrected chi connectivity index (χ1v) is 7.75. The van der Waals surface area contributed by atoms with Crippen LogP contribution in [0.25, 0.3) is 0 Å². The summed E-state index contributed by atoms with van der Waals surface area (Å²) in [6, 6.07) is 19.2. The molecule has 0 heterocycles. The zero-order chi connectivity index (χ0) is 16.5. The van der Waals surface area contributed by atoms with Crippen molar-refractivity contribution in [1.82, 2.24) is 5.32 Å². The highest BCUT2D eigenvalue weighted by Crippen LogP contribution is 2.27. The van der Waals surface area contributed by atoms with Crippen LogP contribution in [0.3, 0.4) is 0 Å². The van der Waals surface area contributed by atoms with Crippen LogP contribution >= 0.6 is 0 Å². The molecule has 122 valence electrons. The Balaban J connectivity index is 1.92. The quantitative estimate of drug-likeness (QED) is 0.814. The third-order valence-corrected chi connectivity index (χ3v) is 3.95. The molecule has 2 rings (SSSR count). The van der Waals surface area contributed by atoms with E-state index in [2.05, 4.69) is 5.32 Å². The molecule has 4 nitrogen and oxygen atoms in total. The SMILES string of the molecule is CCC(CNC(=O)COc1ccccc1)(OC)c1ccccc1.